The number of benzene rings is 1. The van der Waals surface area contributed by atoms with Crippen LogP contribution in [0, 0.1) is 0 Å². The van der Waals surface area contributed by atoms with Crippen molar-refractivity contribution in [3.05, 3.63) is 53.7 Å². The molecule has 0 aliphatic heterocycles. The summed E-state index contributed by atoms with van der Waals surface area (Å²) in [4.78, 5) is 15.1. The van der Waals surface area contributed by atoms with Crippen molar-refractivity contribution in [2.75, 3.05) is 0 Å². The van der Waals surface area contributed by atoms with Gasteiger partial charge in [0, 0.05) is 12.3 Å². The van der Waals surface area contributed by atoms with Crippen LogP contribution < -0.4 is 10.2 Å². The van der Waals surface area contributed by atoms with Crippen LogP contribution >= 0.6 is 0 Å². The fourth-order valence-corrected chi connectivity index (χ4v) is 1.77. The molecule has 5 heteroatoms. The largest absolute Gasteiger partial charge is 0.439 e. The molecule has 0 saturated carbocycles. The van der Waals surface area contributed by atoms with Gasteiger partial charge in [0.2, 0.25) is 5.88 Å². The van der Waals surface area contributed by atoms with E-state index in [2.05, 4.69) is 11.9 Å². The van der Waals surface area contributed by atoms with Gasteiger partial charge < -0.3 is 4.74 Å². The van der Waals surface area contributed by atoms with E-state index >= 15 is 0 Å². The number of rotatable bonds is 5. The van der Waals surface area contributed by atoms with E-state index in [9.17, 15) is 4.79 Å². The van der Waals surface area contributed by atoms with Crippen molar-refractivity contribution in [1.82, 2.24) is 10.5 Å². The zero-order valence-electron chi connectivity index (χ0n) is 11.2. The summed E-state index contributed by atoms with van der Waals surface area (Å²) in [6.45, 7) is 2.14. The van der Waals surface area contributed by atoms with Crippen molar-refractivity contribution in [1.29, 1.82) is 0 Å². The summed E-state index contributed by atoms with van der Waals surface area (Å²) in [7, 11) is 0. The number of carbonyl (C=O) groups excluding carboxylic acids is 1. The Bertz CT molecular complexity index is 565. The monoisotopic (exact) mass is 272 g/mol. The minimum absolute atomic E-state index is 0.262. The molecule has 1 aromatic heterocycles. The third-order valence-corrected chi connectivity index (χ3v) is 2.78. The molecule has 2 N–H and O–H groups in total. The normalized spacial score (nSPS) is 10.1. The lowest BCUT2D eigenvalue weighted by Gasteiger charge is -2.06. The van der Waals surface area contributed by atoms with E-state index in [-0.39, 0.29) is 5.56 Å². The smallest absolute Gasteiger partial charge is 0.276 e. The Morgan fingerprint density at radius 2 is 2.00 bits per heavy atom. The summed E-state index contributed by atoms with van der Waals surface area (Å²) in [5, 5.41) is 8.50. The second kappa shape index (κ2) is 6.68. The second-order valence-corrected chi connectivity index (χ2v) is 4.32. The predicted octanol–water partition coefficient (Wildman–Crippen LogP) is 2.95. The standard InChI is InChI=1S/C15H16N2O3/c1-2-3-11-4-7-13(8-5-11)20-14-9-6-12(10-16-14)15(18)17-19/h4-10,19H,2-3H2,1H3,(H,17,18). The van der Waals surface area contributed by atoms with Gasteiger partial charge in [0.05, 0.1) is 5.56 Å². The van der Waals surface area contributed by atoms with Crippen molar-refractivity contribution in [2.45, 2.75) is 19.8 Å². The number of carbonyl (C=O) groups is 1. The van der Waals surface area contributed by atoms with Gasteiger partial charge in [-0.1, -0.05) is 25.5 Å². The first-order valence-corrected chi connectivity index (χ1v) is 6.40. The average molecular weight is 272 g/mol. The number of nitrogens with zero attached hydrogens (tertiary/aromatic N) is 1. The molecule has 0 unspecified atom stereocenters. The number of hydrogen-bond donors (Lipinski definition) is 2. The first-order valence-electron chi connectivity index (χ1n) is 6.40. The molecule has 1 heterocycles. The van der Waals surface area contributed by atoms with Crippen LogP contribution in [0.2, 0.25) is 0 Å². The van der Waals surface area contributed by atoms with Gasteiger partial charge >= 0.3 is 0 Å². The van der Waals surface area contributed by atoms with Gasteiger partial charge in [-0.2, -0.15) is 0 Å². The van der Waals surface area contributed by atoms with Gasteiger partial charge in [-0.05, 0) is 30.2 Å². The molecular formula is C15H16N2O3. The number of amides is 1. The van der Waals surface area contributed by atoms with Gasteiger partial charge in [-0.15, -0.1) is 0 Å². The van der Waals surface area contributed by atoms with E-state index in [1.54, 1.807) is 11.5 Å². The van der Waals surface area contributed by atoms with Crippen LogP contribution in [0.4, 0.5) is 0 Å². The Balaban J connectivity index is 2.04. The number of aromatic nitrogens is 1. The number of hydrogen-bond acceptors (Lipinski definition) is 4. The molecular weight excluding hydrogens is 256 g/mol. The summed E-state index contributed by atoms with van der Waals surface area (Å²) in [6, 6.07) is 10.9. The minimum atomic E-state index is -0.604. The zero-order valence-corrected chi connectivity index (χ0v) is 11.2. The maximum atomic E-state index is 11.1. The fraction of sp³-hybridized carbons (Fsp3) is 0.200. The van der Waals surface area contributed by atoms with Gasteiger partial charge in [0.25, 0.3) is 5.91 Å². The molecule has 1 amide bonds. The summed E-state index contributed by atoms with van der Waals surface area (Å²) in [5.41, 5.74) is 3.08. The molecule has 0 aliphatic rings. The predicted molar refractivity (Wildman–Crippen MR) is 74.0 cm³/mol. The molecule has 0 fully saturated rings. The molecule has 0 atom stereocenters. The summed E-state index contributed by atoms with van der Waals surface area (Å²) in [5.74, 6) is 0.479. The summed E-state index contributed by atoms with van der Waals surface area (Å²) < 4.78 is 5.57. The Morgan fingerprint density at radius 1 is 1.25 bits per heavy atom. The quantitative estimate of drug-likeness (QED) is 0.648. The zero-order chi connectivity index (χ0) is 14.4. The van der Waals surface area contributed by atoms with E-state index in [1.165, 1.54) is 17.8 Å². The van der Waals surface area contributed by atoms with E-state index < -0.39 is 5.91 Å². The molecule has 2 aromatic rings. The number of pyridine rings is 1. The van der Waals surface area contributed by atoms with Crippen molar-refractivity contribution in [2.24, 2.45) is 0 Å². The van der Waals surface area contributed by atoms with Gasteiger partial charge in [-0.3, -0.25) is 10.0 Å². The van der Waals surface area contributed by atoms with Crippen molar-refractivity contribution < 1.29 is 14.7 Å². The molecule has 0 aliphatic carbocycles. The highest BCUT2D eigenvalue weighted by atomic mass is 16.5. The Morgan fingerprint density at radius 3 is 2.55 bits per heavy atom. The third kappa shape index (κ3) is 3.55. The summed E-state index contributed by atoms with van der Waals surface area (Å²) >= 11 is 0. The third-order valence-electron chi connectivity index (χ3n) is 2.78. The lowest BCUT2D eigenvalue weighted by atomic mass is 10.1. The van der Waals surface area contributed by atoms with Crippen molar-refractivity contribution >= 4 is 5.91 Å². The van der Waals surface area contributed by atoms with Gasteiger partial charge in [0.15, 0.2) is 0 Å². The minimum Gasteiger partial charge on any atom is -0.439 e. The molecule has 0 spiro atoms. The molecule has 1 aromatic carbocycles. The highest BCUT2D eigenvalue weighted by Gasteiger charge is 2.05. The van der Waals surface area contributed by atoms with Gasteiger partial charge in [-0.25, -0.2) is 10.5 Å². The van der Waals surface area contributed by atoms with E-state index in [0.29, 0.717) is 11.6 Å². The molecule has 0 radical (unpaired) electrons. The topological polar surface area (TPSA) is 71.5 Å². The maximum absolute atomic E-state index is 11.1. The lowest BCUT2D eigenvalue weighted by molar-refractivity contribution is 0.0706. The molecule has 0 saturated heterocycles. The highest BCUT2D eigenvalue weighted by molar-refractivity contribution is 5.92. The van der Waals surface area contributed by atoms with E-state index in [4.69, 9.17) is 9.94 Å². The van der Waals surface area contributed by atoms with Crippen LogP contribution in [0.1, 0.15) is 29.3 Å². The van der Waals surface area contributed by atoms with Crippen LogP contribution in [0.15, 0.2) is 42.6 Å². The SMILES string of the molecule is CCCc1ccc(Oc2ccc(C(=O)NO)cn2)cc1. The Hall–Kier alpha value is -2.40. The van der Waals surface area contributed by atoms with Crippen LogP contribution in [-0.2, 0) is 6.42 Å². The molecule has 2 rings (SSSR count). The molecule has 104 valence electrons. The molecule has 5 nitrogen and oxygen atoms in total. The number of aryl methyl sites for hydroxylation is 1. The Kier molecular flexibility index (Phi) is 4.68. The van der Waals surface area contributed by atoms with Crippen LogP contribution in [0.3, 0.4) is 0 Å². The van der Waals surface area contributed by atoms with Crippen molar-refractivity contribution in [3.63, 3.8) is 0 Å². The number of hydroxylamine groups is 1. The maximum Gasteiger partial charge on any atom is 0.276 e. The number of nitrogens with one attached hydrogen (secondary N) is 1. The summed E-state index contributed by atoms with van der Waals surface area (Å²) in [6.07, 6.45) is 3.49. The average Bonchev–Trinajstić information content (AvgIpc) is 2.49. The lowest BCUT2D eigenvalue weighted by Crippen LogP contribution is -2.18. The van der Waals surface area contributed by atoms with E-state index in [0.717, 1.165) is 12.8 Å². The Labute approximate surface area is 117 Å². The van der Waals surface area contributed by atoms with Crippen molar-refractivity contribution in [3.8, 4) is 11.6 Å². The second-order valence-electron chi connectivity index (χ2n) is 4.32. The first-order chi connectivity index (χ1) is 9.72. The van der Waals surface area contributed by atoms with Crippen LogP contribution in [0.25, 0.3) is 0 Å². The highest BCUT2D eigenvalue weighted by Crippen LogP contribution is 2.20. The first kappa shape index (κ1) is 14.0. The molecule has 0 bridgehead atoms. The van der Waals surface area contributed by atoms with Crippen LogP contribution in [0.5, 0.6) is 11.6 Å². The molecule has 20 heavy (non-hydrogen) atoms. The van der Waals surface area contributed by atoms with E-state index in [1.807, 2.05) is 24.3 Å². The fourth-order valence-electron chi connectivity index (χ4n) is 1.77. The number of ether oxygens (including phenoxy) is 1. The van der Waals surface area contributed by atoms with Crippen LogP contribution in [-0.4, -0.2) is 16.1 Å². The van der Waals surface area contributed by atoms with Gasteiger partial charge in [0.1, 0.15) is 5.75 Å².